The lowest BCUT2D eigenvalue weighted by Crippen LogP contribution is -2.35. The molecule has 0 atom stereocenters. The van der Waals surface area contributed by atoms with Crippen molar-refractivity contribution in [3.05, 3.63) is 34.9 Å². The second-order valence-corrected chi connectivity index (χ2v) is 5.01. The van der Waals surface area contributed by atoms with Crippen LogP contribution in [0.2, 0.25) is 0 Å². The summed E-state index contributed by atoms with van der Waals surface area (Å²) in [5.41, 5.74) is 7.77. The summed E-state index contributed by atoms with van der Waals surface area (Å²) in [7, 11) is 0. The first-order chi connectivity index (χ1) is 9.67. The average Bonchev–Trinajstić information content (AvgIpc) is 3.26. The highest BCUT2D eigenvalue weighted by Gasteiger charge is 2.33. The van der Waals surface area contributed by atoms with Crippen LogP contribution in [0.4, 0.5) is 0 Å². The molecular weight excluding hydrogens is 252 g/mol. The van der Waals surface area contributed by atoms with Gasteiger partial charge in [-0.2, -0.15) is 0 Å². The van der Waals surface area contributed by atoms with Gasteiger partial charge in [-0.3, -0.25) is 4.79 Å². The Hall–Kier alpha value is -1.83. The lowest BCUT2D eigenvalue weighted by molar-refractivity contribution is 0.0707. The molecule has 1 saturated carbocycles. The highest BCUT2D eigenvalue weighted by atomic mass is 16.3. The van der Waals surface area contributed by atoms with E-state index in [4.69, 9.17) is 10.8 Å². The van der Waals surface area contributed by atoms with Gasteiger partial charge in [-0.25, -0.2) is 0 Å². The van der Waals surface area contributed by atoms with Crippen molar-refractivity contribution in [2.75, 3.05) is 19.7 Å². The molecule has 1 aliphatic carbocycles. The monoisotopic (exact) mass is 272 g/mol. The number of carbonyl (C=O) groups is 1. The fourth-order valence-electron chi connectivity index (χ4n) is 2.19. The second kappa shape index (κ2) is 6.56. The first-order valence-electron chi connectivity index (χ1n) is 6.88. The lowest BCUT2D eigenvalue weighted by atomic mass is 10.0. The van der Waals surface area contributed by atoms with E-state index >= 15 is 0 Å². The van der Waals surface area contributed by atoms with Crippen LogP contribution >= 0.6 is 0 Å². The van der Waals surface area contributed by atoms with Crippen molar-refractivity contribution in [2.45, 2.75) is 25.8 Å². The molecule has 0 aromatic heterocycles. The van der Waals surface area contributed by atoms with E-state index < -0.39 is 0 Å². The minimum absolute atomic E-state index is 0.0160. The molecule has 0 unspecified atom stereocenters. The van der Waals surface area contributed by atoms with Gasteiger partial charge in [0.1, 0.15) is 0 Å². The molecule has 106 valence electrons. The molecule has 0 bridgehead atoms. The molecule has 0 aliphatic heterocycles. The largest absolute Gasteiger partial charge is 0.395 e. The molecule has 1 aliphatic rings. The summed E-state index contributed by atoms with van der Waals surface area (Å²) in [5.74, 6) is 5.71. The first kappa shape index (κ1) is 14.6. The van der Waals surface area contributed by atoms with Crippen molar-refractivity contribution in [2.24, 2.45) is 5.73 Å². The third-order valence-electron chi connectivity index (χ3n) is 3.32. The van der Waals surface area contributed by atoms with Gasteiger partial charge in [0.05, 0.1) is 18.7 Å². The Bertz CT molecular complexity index is 553. The van der Waals surface area contributed by atoms with Crippen LogP contribution in [-0.4, -0.2) is 41.7 Å². The average molecular weight is 272 g/mol. The Kier molecular flexibility index (Phi) is 4.78. The summed E-state index contributed by atoms with van der Waals surface area (Å²) in [5, 5.41) is 9.13. The molecule has 4 nitrogen and oxygen atoms in total. The molecule has 4 heteroatoms. The van der Waals surface area contributed by atoms with E-state index in [0.717, 1.165) is 18.4 Å². The van der Waals surface area contributed by atoms with E-state index in [1.165, 1.54) is 0 Å². The van der Waals surface area contributed by atoms with Gasteiger partial charge in [0.2, 0.25) is 0 Å². The third kappa shape index (κ3) is 3.38. The van der Waals surface area contributed by atoms with Gasteiger partial charge >= 0.3 is 0 Å². The van der Waals surface area contributed by atoms with E-state index in [0.29, 0.717) is 17.7 Å². The number of amides is 1. The molecule has 0 spiro atoms. The zero-order valence-electron chi connectivity index (χ0n) is 11.7. The number of nitrogens with zero attached hydrogens (tertiary/aromatic N) is 1. The maximum absolute atomic E-state index is 12.6. The normalized spacial score (nSPS) is 13.6. The molecule has 3 N–H and O–H groups in total. The molecule has 1 aromatic rings. The quantitative estimate of drug-likeness (QED) is 0.800. The van der Waals surface area contributed by atoms with Crippen molar-refractivity contribution in [3.8, 4) is 11.8 Å². The number of carbonyl (C=O) groups excluding carboxylic acids is 1. The first-order valence-corrected chi connectivity index (χ1v) is 6.88. The Balaban J connectivity index is 2.32. The fraction of sp³-hybridized carbons (Fsp3) is 0.438. The molecular formula is C16H20N2O2. The Morgan fingerprint density at radius 1 is 1.50 bits per heavy atom. The van der Waals surface area contributed by atoms with Crippen molar-refractivity contribution in [1.82, 2.24) is 4.90 Å². The summed E-state index contributed by atoms with van der Waals surface area (Å²) in [6.07, 6.45) is 2.03. The zero-order valence-corrected chi connectivity index (χ0v) is 11.7. The molecule has 0 saturated heterocycles. The van der Waals surface area contributed by atoms with Gasteiger partial charge < -0.3 is 15.7 Å². The van der Waals surface area contributed by atoms with Crippen molar-refractivity contribution in [1.29, 1.82) is 0 Å². The number of aliphatic hydroxyl groups excluding tert-OH is 1. The number of hydrogen-bond donors (Lipinski definition) is 2. The number of nitrogens with two attached hydrogens (primary N) is 1. The topological polar surface area (TPSA) is 66.6 Å². The van der Waals surface area contributed by atoms with Crippen LogP contribution < -0.4 is 5.73 Å². The predicted molar refractivity (Wildman–Crippen MR) is 78.3 cm³/mol. The lowest BCUT2D eigenvalue weighted by Gasteiger charge is -2.22. The second-order valence-electron chi connectivity index (χ2n) is 5.01. The van der Waals surface area contributed by atoms with Crippen LogP contribution in [0, 0.1) is 18.8 Å². The minimum Gasteiger partial charge on any atom is -0.395 e. The molecule has 1 amide bonds. The molecule has 1 aromatic carbocycles. The smallest absolute Gasteiger partial charge is 0.255 e. The fourth-order valence-corrected chi connectivity index (χ4v) is 2.19. The van der Waals surface area contributed by atoms with Crippen LogP contribution in [0.25, 0.3) is 0 Å². The maximum atomic E-state index is 12.6. The Morgan fingerprint density at radius 2 is 2.25 bits per heavy atom. The molecule has 0 radical (unpaired) electrons. The van der Waals surface area contributed by atoms with E-state index in [2.05, 4.69) is 11.8 Å². The highest BCUT2D eigenvalue weighted by Crippen LogP contribution is 2.28. The molecule has 0 heterocycles. The van der Waals surface area contributed by atoms with E-state index in [1.807, 2.05) is 25.1 Å². The summed E-state index contributed by atoms with van der Waals surface area (Å²) in [4.78, 5) is 14.4. The maximum Gasteiger partial charge on any atom is 0.255 e. The number of hydrogen-bond acceptors (Lipinski definition) is 3. The van der Waals surface area contributed by atoms with Gasteiger partial charge in [-0.05, 0) is 37.5 Å². The summed E-state index contributed by atoms with van der Waals surface area (Å²) in [6, 6.07) is 5.89. The van der Waals surface area contributed by atoms with Crippen molar-refractivity contribution >= 4 is 5.91 Å². The van der Waals surface area contributed by atoms with Crippen molar-refractivity contribution in [3.63, 3.8) is 0 Å². The van der Waals surface area contributed by atoms with E-state index in [9.17, 15) is 4.79 Å². The Morgan fingerprint density at radius 3 is 2.85 bits per heavy atom. The summed E-state index contributed by atoms with van der Waals surface area (Å²) < 4.78 is 0. The van der Waals surface area contributed by atoms with Crippen LogP contribution in [0.5, 0.6) is 0 Å². The van der Waals surface area contributed by atoms with Crippen molar-refractivity contribution < 1.29 is 9.90 Å². The van der Waals surface area contributed by atoms with Crippen LogP contribution in [0.1, 0.15) is 34.3 Å². The highest BCUT2D eigenvalue weighted by molar-refractivity contribution is 5.97. The number of aliphatic hydroxyl groups is 1. The van der Waals surface area contributed by atoms with Crippen LogP contribution in [-0.2, 0) is 0 Å². The molecule has 1 fully saturated rings. The zero-order chi connectivity index (χ0) is 14.5. The van der Waals surface area contributed by atoms with Gasteiger partial charge in [-0.1, -0.05) is 17.9 Å². The van der Waals surface area contributed by atoms with E-state index in [1.54, 1.807) is 4.90 Å². The van der Waals surface area contributed by atoms with Gasteiger partial charge in [0, 0.05) is 18.2 Å². The molecule has 2 rings (SSSR count). The number of aryl methyl sites for hydroxylation is 1. The van der Waals surface area contributed by atoms with Crippen LogP contribution in [0.15, 0.2) is 18.2 Å². The van der Waals surface area contributed by atoms with E-state index in [-0.39, 0.29) is 25.1 Å². The number of benzene rings is 1. The van der Waals surface area contributed by atoms with Gasteiger partial charge in [0.15, 0.2) is 0 Å². The molecule has 20 heavy (non-hydrogen) atoms. The minimum atomic E-state index is -0.0529. The summed E-state index contributed by atoms with van der Waals surface area (Å²) in [6.45, 7) is 2.60. The third-order valence-corrected chi connectivity index (χ3v) is 3.32. The predicted octanol–water partition coefficient (Wildman–Crippen LogP) is 0.902. The number of rotatable bonds is 4. The van der Waals surface area contributed by atoms with Crippen LogP contribution in [0.3, 0.4) is 0 Å². The standard InChI is InChI=1S/C16H20N2O2/c1-12-4-7-15(13(11-12)3-2-8-17)16(20)18(9-10-19)14-5-6-14/h4,7,11,14,19H,5-6,8-10,17H2,1H3. The summed E-state index contributed by atoms with van der Waals surface area (Å²) >= 11 is 0. The Labute approximate surface area is 119 Å². The van der Waals surface area contributed by atoms with Gasteiger partial charge in [-0.15, -0.1) is 0 Å². The van der Waals surface area contributed by atoms with Gasteiger partial charge in [0.25, 0.3) is 5.91 Å². The SMILES string of the molecule is Cc1ccc(C(=O)N(CCO)C2CC2)c(C#CCN)c1.